The second kappa shape index (κ2) is 22.6. The monoisotopic (exact) mass is 1160 g/mol. The molecule has 3 aliphatic rings. The number of nitrogens with two attached hydrogens (primary N) is 2. The Morgan fingerprint density at radius 2 is 1.46 bits per heavy atom. The van der Waals surface area contributed by atoms with Gasteiger partial charge in [0.2, 0.25) is 18.5 Å². The molecule has 12 N–H and O–H groups in total. The number of rotatable bonds is 23. The van der Waals surface area contributed by atoms with Crippen molar-refractivity contribution < 1.29 is 104 Å². The van der Waals surface area contributed by atoms with Gasteiger partial charge in [-0.15, -0.1) is 0 Å². The van der Waals surface area contributed by atoms with Crippen molar-refractivity contribution in [3.63, 3.8) is 0 Å². The standard InChI is InChI=1S/C36H52N12O24P4/c1-45-15-48(30-22(45)31(53)44-35(38)43-30)32-23(50)16(5-7-63-2)17(68-32)10-67-76(61,62)72-74(57,58)9-8-73(55,56)65-12-19-26(27(64-3)34(70-19)47-14-41-21-28(37)39-13-40-29(21)47)71-75(59,60)66-11-18-24(51)25(52)33(69-18)46-6-4-20(49)42-36(46)54/h4,6,13-19,23-27,32-34,50-52H,5,7-12H2,1-3H3,(H9-,37,38,39,40,42,43,44,49,53,54,55,56,57,58,59,60,61,62)/t16-,17-,18-,19?,23-,24-,25-,26-,27-,32-,33-,34-/m1/s1. The van der Waals surface area contributed by atoms with Crippen molar-refractivity contribution in [3.8, 4) is 0 Å². The molecule has 3 fully saturated rings. The number of nitrogen functional groups attached to an aromatic ring is 2. The summed E-state index contributed by atoms with van der Waals surface area (Å²) in [5.74, 6) is -1.17. The number of nitrogens with one attached hydrogen (secondary N) is 2. The summed E-state index contributed by atoms with van der Waals surface area (Å²) in [4.78, 5) is 103. The Balaban J connectivity index is 0.916. The predicted octanol–water partition coefficient (Wildman–Crippen LogP) is -4.06. The van der Waals surface area contributed by atoms with Gasteiger partial charge >= 0.3 is 34.3 Å². The minimum Gasteiger partial charge on any atom is -0.756 e. The van der Waals surface area contributed by atoms with Crippen molar-refractivity contribution in [1.82, 2.24) is 43.6 Å². The quantitative estimate of drug-likeness (QED) is 0.0220. The van der Waals surface area contributed by atoms with Crippen LogP contribution in [-0.2, 0) is 71.4 Å². The number of hydrogen-bond acceptors (Lipinski definition) is 27. The highest BCUT2D eigenvalue weighted by Gasteiger charge is 2.52. The van der Waals surface area contributed by atoms with E-state index in [1.165, 1.54) is 40.5 Å². The fourth-order valence-electron chi connectivity index (χ4n) is 8.72. The molecular formula is C36H52N12O24P4. The molecule has 5 aromatic heterocycles. The third-order valence-electron chi connectivity index (χ3n) is 12.3. The fraction of sp³-hybridized carbons (Fsp3) is 0.611. The largest absolute Gasteiger partial charge is 0.756 e. The SMILES string of the molecule is COCC[C@H]1[C@@H](O)[C@H](n2c[n+](C)c3c(=O)[nH]c(N)nc32)O[C@@H]1COP(=O)(O)OP(=O)(O)CCP(=O)(O)OCC1O[C@@H](n2cnc3c(N)ncnc32)[C@H](OC)[C@@H]1OP(=O)([O-])OC[C@H]1O[C@@H](n2ccc(=O)[nH]c2=O)[C@H](O)[C@@H]1O. The van der Waals surface area contributed by atoms with Gasteiger partial charge in [0.25, 0.3) is 24.5 Å². The van der Waals surface area contributed by atoms with E-state index in [1.54, 1.807) is 0 Å². The Kier molecular flexibility index (Phi) is 17.2. The van der Waals surface area contributed by atoms with Crippen LogP contribution in [0.2, 0.25) is 0 Å². The molecule has 16 atom stereocenters. The molecule has 0 radical (unpaired) electrons. The minimum absolute atomic E-state index is 0.0238. The molecule has 420 valence electrons. The maximum absolute atomic E-state index is 13.5. The van der Waals surface area contributed by atoms with Crippen LogP contribution in [0.3, 0.4) is 0 Å². The van der Waals surface area contributed by atoms with Crippen molar-refractivity contribution in [1.29, 1.82) is 0 Å². The maximum Gasteiger partial charge on any atom is 0.479 e. The number of H-pyrrole nitrogens is 2. The maximum atomic E-state index is 13.5. The van der Waals surface area contributed by atoms with Gasteiger partial charge in [-0.3, -0.25) is 46.9 Å². The number of nitrogens with zero attached hydrogens (tertiary/aromatic N) is 8. The van der Waals surface area contributed by atoms with Gasteiger partial charge in [0.1, 0.15) is 54.6 Å². The summed E-state index contributed by atoms with van der Waals surface area (Å²) in [5, 5.41) is 32.6. The number of anilines is 2. The van der Waals surface area contributed by atoms with Crippen LogP contribution in [0.15, 0.2) is 45.6 Å². The predicted molar refractivity (Wildman–Crippen MR) is 248 cm³/mol. The number of imidazole rings is 2. The molecule has 40 heteroatoms. The van der Waals surface area contributed by atoms with Gasteiger partial charge in [0.15, 0.2) is 23.9 Å². The van der Waals surface area contributed by atoms with Crippen LogP contribution < -0.4 is 37.7 Å². The Bertz CT molecular complexity index is 3300. The molecule has 0 amide bonds. The molecule has 0 aliphatic carbocycles. The van der Waals surface area contributed by atoms with Crippen molar-refractivity contribution in [2.75, 3.05) is 64.4 Å². The minimum atomic E-state index is -5.62. The van der Waals surface area contributed by atoms with E-state index in [9.17, 15) is 67.5 Å². The molecule has 3 aliphatic heterocycles. The van der Waals surface area contributed by atoms with Gasteiger partial charge in [-0.25, -0.2) is 33.2 Å². The first kappa shape index (κ1) is 57.6. The normalized spacial score (nSPS) is 30.1. The number of aliphatic hydroxyl groups excluding tert-OH is 3. The van der Waals surface area contributed by atoms with Crippen LogP contribution in [0.25, 0.3) is 22.3 Å². The molecule has 5 unspecified atom stereocenters. The number of aliphatic hydroxyl groups is 3. The average Bonchev–Trinajstić information content (AvgIpc) is 4.20. The summed E-state index contributed by atoms with van der Waals surface area (Å²) < 4.78 is 111. The first-order valence-electron chi connectivity index (χ1n) is 22.4. The topological polar surface area (TPSA) is 510 Å². The lowest BCUT2D eigenvalue weighted by molar-refractivity contribution is -0.646. The average molecular weight is 1160 g/mol. The van der Waals surface area contributed by atoms with E-state index in [0.29, 0.717) is 0 Å². The first-order valence-corrected chi connectivity index (χ1v) is 28.8. The number of aromatic amines is 2. The van der Waals surface area contributed by atoms with E-state index in [-0.39, 0.29) is 47.1 Å². The summed E-state index contributed by atoms with van der Waals surface area (Å²) in [5.41, 5.74) is 9.53. The van der Waals surface area contributed by atoms with E-state index in [2.05, 4.69) is 29.2 Å². The van der Waals surface area contributed by atoms with Crippen LogP contribution in [0.5, 0.6) is 0 Å². The Morgan fingerprint density at radius 3 is 2.17 bits per heavy atom. The Labute approximate surface area is 425 Å². The first-order chi connectivity index (χ1) is 35.7. The molecular weight excluding hydrogens is 1110 g/mol. The van der Waals surface area contributed by atoms with Gasteiger partial charge in [-0.2, -0.15) is 9.55 Å². The zero-order chi connectivity index (χ0) is 55.2. The van der Waals surface area contributed by atoms with Crippen LogP contribution >= 0.6 is 30.8 Å². The number of ether oxygens (including phenoxy) is 5. The highest BCUT2D eigenvalue weighted by molar-refractivity contribution is 7.64. The molecule has 8 heterocycles. The van der Waals surface area contributed by atoms with Gasteiger partial charge < -0.3 is 83.6 Å². The van der Waals surface area contributed by atoms with Gasteiger partial charge in [0, 0.05) is 39.0 Å². The van der Waals surface area contributed by atoms with E-state index in [1.807, 2.05) is 4.98 Å². The Hall–Kier alpha value is -4.58. The zero-order valence-electron chi connectivity index (χ0n) is 39.8. The number of phosphoric ester groups is 2. The summed E-state index contributed by atoms with van der Waals surface area (Å²) in [7, 11) is -17.5. The van der Waals surface area contributed by atoms with Gasteiger partial charge in [-0.1, -0.05) is 0 Å². The number of hydrogen-bond donors (Lipinski definition) is 10. The molecule has 8 rings (SSSR count). The Morgan fingerprint density at radius 1 is 0.789 bits per heavy atom. The summed E-state index contributed by atoms with van der Waals surface area (Å²) in [6.07, 6.45) is -15.0. The lowest BCUT2D eigenvalue weighted by atomic mass is 9.95. The number of phosphoric acid groups is 2. The van der Waals surface area contributed by atoms with Gasteiger partial charge in [0.05, 0.1) is 51.6 Å². The number of methoxy groups -OCH3 is 2. The second-order valence-electron chi connectivity index (χ2n) is 17.3. The zero-order valence-corrected chi connectivity index (χ0v) is 43.4. The molecule has 36 nitrogen and oxygen atoms in total. The molecule has 76 heavy (non-hydrogen) atoms. The lowest BCUT2D eigenvalue weighted by Crippen LogP contribution is -2.39. The molecule has 5 aromatic rings. The van der Waals surface area contributed by atoms with E-state index >= 15 is 0 Å². The number of aromatic nitrogens is 10. The van der Waals surface area contributed by atoms with Crippen LogP contribution in [-0.4, -0.2) is 175 Å². The third kappa shape index (κ3) is 12.5. The fourth-order valence-corrected chi connectivity index (χ4v) is 14.3. The molecule has 0 aromatic carbocycles. The number of aryl methyl sites for hydroxylation is 1. The molecule has 3 saturated heterocycles. The summed E-state index contributed by atoms with van der Waals surface area (Å²) >= 11 is 0. The smallest absolute Gasteiger partial charge is 0.479 e. The third-order valence-corrected chi connectivity index (χ3v) is 18.1. The molecule has 0 spiro atoms. The van der Waals surface area contributed by atoms with Crippen molar-refractivity contribution >= 4 is 64.9 Å². The van der Waals surface area contributed by atoms with Gasteiger partial charge in [-0.05, 0) is 6.42 Å². The summed E-state index contributed by atoms with van der Waals surface area (Å²) in [6, 6.07) is 0.932. The number of fused-ring (bicyclic) bond motifs is 2. The van der Waals surface area contributed by atoms with Crippen molar-refractivity contribution in [2.45, 2.75) is 73.9 Å². The molecule has 0 bridgehead atoms. The summed E-state index contributed by atoms with van der Waals surface area (Å²) in [6.45, 7) is -2.81. The van der Waals surface area contributed by atoms with Crippen LogP contribution in [0, 0.1) is 5.92 Å². The second-order valence-corrected chi connectivity index (χ2v) is 24.3. The van der Waals surface area contributed by atoms with Crippen molar-refractivity contribution in [3.05, 3.63) is 62.4 Å². The lowest BCUT2D eigenvalue weighted by Gasteiger charge is -2.31. The van der Waals surface area contributed by atoms with E-state index in [0.717, 1.165) is 30.3 Å². The highest BCUT2D eigenvalue weighted by Crippen LogP contribution is 2.62. The van der Waals surface area contributed by atoms with E-state index in [4.69, 9.17) is 53.2 Å². The van der Waals surface area contributed by atoms with Crippen LogP contribution in [0.1, 0.15) is 25.1 Å². The van der Waals surface area contributed by atoms with E-state index < -0.39 is 153 Å². The van der Waals surface area contributed by atoms with Crippen LogP contribution in [0.4, 0.5) is 11.8 Å². The highest BCUT2D eigenvalue weighted by atomic mass is 31.3. The van der Waals surface area contributed by atoms with Crippen molar-refractivity contribution in [2.24, 2.45) is 13.0 Å². The molecule has 0 saturated carbocycles.